The van der Waals surface area contributed by atoms with Crippen molar-refractivity contribution in [3.8, 4) is 11.5 Å². The van der Waals surface area contributed by atoms with Crippen molar-refractivity contribution in [3.63, 3.8) is 0 Å². The van der Waals surface area contributed by atoms with Crippen LogP contribution in [0.15, 0.2) is 18.2 Å². The number of hydrogen-bond acceptors (Lipinski definition) is 5. The van der Waals surface area contributed by atoms with Gasteiger partial charge in [0.05, 0.1) is 32.7 Å². The first-order chi connectivity index (χ1) is 13.0. The third-order valence-corrected chi connectivity index (χ3v) is 5.59. The van der Waals surface area contributed by atoms with Gasteiger partial charge in [0.25, 0.3) is 0 Å². The van der Waals surface area contributed by atoms with Crippen molar-refractivity contribution < 1.29 is 24.2 Å². The highest BCUT2D eigenvalue weighted by atomic mass is 16.5. The maximum Gasteiger partial charge on any atom is 0.307 e. The number of carbonyl (C=O) groups is 2. The minimum Gasteiger partial charge on any atom is -0.497 e. The number of amides is 1. The average molecular weight is 376 g/mol. The standard InChI is InChI=1S/C20H28N2O5/c1-26-15-7-8-16(18(11-15)27-2)17-6-4-10-22(17)19(23)13-21-9-3-5-14(12-21)20(24)25/h7-8,11,14,17H,3-6,9-10,12-13H2,1-2H3,(H,24,25). The summed E-state index contributed by atoms with van der Waals surface area (Å²) in [5.41, 5.74) is 0.992. The van der Waals surface area contributed by atoms with Crippen molar-refractivity contribution in [2.24, 2.45) is 5.92 Å². The molecule has 1 amide bonds. The highest BCUT2D eigenvalue weighted by molar-refractivity contribution is 5.79. The molecule has 2 saturated heterocycles. The zero-order chi connectivity index (χ0) is 19.4. The van der Waals surface area contributed by atoms with E-state index in [0.29, 0.717) is 13.0 Å². The summed E-state index contributed by atoms with van der Waals surface area (Å²) in [5, 5.41) is 9.25. The van der Waals surface area contributed by atoms with E-state index in [-0.39, 0.29) is 24.4 Å². The van der Waals surface area contributed by atoms with Gasteiger partial charge in [0.1, 0.15) is 11.5 Å². The summed E-state index contributed by atoms with van der Waals surface area (Å²) in [6, 6.07) is 5.69. The van der Waals surface area contributed by atoms with Crippen LogP contribution in [0.2, 0.25) is 0 Å². The lowest BCUT2D eigenvalue weighted by Crippen LogP contribution is -2.45. The van der Waals surface area contributed by atoms with Gasteiger partial charge in [0, 0.05) is 24.7 Å². The van der Waals surface area contributed by atoms with E-state index in [0.717, 1.165) is 49.4 Å². The van der Waals surface area contributed by atoms with E-state index in [1.807, 2.05) is 28.0 Å². The van der Waals surface area contributed by atoms with Crippen LogP contribution in [0.25, 0.3) is 0 Å². The summed E-state index contributed by atoms with van der Waals surface area (Å²) in [7, 11) is 3.24. The van der Waals surface area contributed by atoms with Gasteiger partial charge in [-0.25, -0.2) is 0 Å². The fraction of sp³-hybridized carbons (Fsp3) is 0.600. The molecule has 2 aliphatic heterocycles. The Kier molecular flexibility index (Phi) is 6.21. The molecule has 0 aliphatic carbocycles. The molecule has 148 valence electrons. The second-order valence-electron chi connectivity index (χ2n) is 7.27. The number of rotatable bonds is 6. The van der Waals surface area contributed by atoms with Crippen LogP contribution in [0, 0.1) is 5.92 Å². The first-order valence-electron chi connectivity index (χ1n) is 9.50. The first-order valence-corrected chi connectivity index (χ1v) is 9.50. The summed E-state index contributed by atoms with van der Waals surface area (Å²) in [4.78, 5) is 28.1. The maximum atomic E-state index is 13.0. The van der Waals surface area contributed by atoms with Crippen LogP contribution < -0.4 is 9.47 Å². The molecule has 7 heteroatoms. The number of ether oxygens (including phenoxy) is 2. The number of piperidine rings is 1. The second kappa shape index (κ2) is 8.61. The number of carboxylic acids is 1. The highest BCUT2D eigenvalue weighted by Gasteiger charge is 2.34. The Morgan fingerprint density at radius 1 is 1.15 bits per heavy atom. The van der Waals surface area contributed by atoms with Crippen molar-refractivity contribution >= 4 is 11.9 Å². The minimum absolute atomic E-state index is 0.0154. The van der Waals surface area contributed by atoms with Gasteiger partial charge in [-0.3, -0.25) is 14.5 Å². The lowest BCUT2D eigenvalue weighted by Gasteiger charge is -2.33. The van der Waals surface area contributed by atoms with Crippen molar-refractivity contribution in [1.29, 1.82) is 0 Å². The van der Waals surface area contributed by atoms with Crippen LogP contribution in [0.5, 0.6) is 11.5 Å². The zero-order valence-corrected chi connectivity index (χ0v) is 16.0. The van der Waals surface area contributed by atoms with Gasteiger partial charge < -0.3 is 19.5 Å². The Hall–Kier alpha value is -2.28. The molecule has 0 spiro atoms. The van der Waals surface area contributed by atoms with Crippen LogP contribution in [-0.2, 0) is 9.59 Å². The van der Waals surface area contributed by atoms with Gasteiger partial charge in [0.15, 0.2) is 0 Å². The van der Waals surface area contributed by atoms with E-state index >= 15 is 0 Å². The number of hydrogen-bond donors (Lipinski definition) is 1. The molecule has 0 bridgehead atoms. The molecule has 2 unspecified atom stereocenters. The molecular weight excluding hydrogens is 348 g/mol. The highest BCUT2D eigenvalue weighted by Crippen LogP contribution is 2.38. The lowest BCUT2D eigenvalue weighted by atomic mass is 9.98. The summed E-state index contributed by atoms with van der Waals surface area (Å²) in [5.74, 6) is 0.362. The molecule has 1 aromatic rings. The lowest BCUT2D eigenvalue weighted by molar-refractivity contribution is -0.145. The second-order valence-corrected chi connectivity index (χ2v) is 7.27. The summed E-state index contributed by atoms with van der Waals surface area (Å²) in [6.07, 6.45) is 3.35. The molecule has 0 saturated carbocycles. The fourth-order valence-corrected chi connectivity index (χ4v) is 4.17. The van der Waals surface area contributed by atoms with E-state index in [9.17, 15) is 14.7 Å². The number of carbonyl (C=O) groups excluding carboxylic acids is 1. The normalized spacial score (nSPS) is 23.3. The number of methoxy groups -OCH3 is 2. The molecule has 0 aromatic heterocycles. The van der Waals surface area contributed by atoms with Crippen LogP contribution in [-0.4, -0.2) is 67.2 Å². The molecule has 1 N–H and O–H groups in total. The molecule has 27 heavy (non-hydrogen) atoms. The van der Waals surface area contributed by atoms with Gasteiger partial charge in [-0.2, -0.15) is 0 Å². The molecule has 2 fully saturated rings. The number of likely N-dealkylation sites (tertiary alicyclic amines) is 2. The van der Waals surface area contributed by atoms with E-state index in [2.05, 4.69) is 0 Å². The van der Waals surface area contributed by atoms with E-state index in [4.69, 9.17) is 9.47 Å². The van der Waals surface area contributed by atoms with Crippen molar-refractivity contribution in [3.05, 3.63) is 23.8 Å². The van der Waals surface area contributed by atoms with Gasteiger partial charge in [-0.05, 0) is 44.4 Å². The Balaban J connectivity index is 1.70. The molecule has 2 heterocycles. The largest absolute Gasteiger partial charge is 0.497 e. The Morgan fingerprint density at radius 2 is 1.93 bits per heavy atom. The minimum atomic E-state index is -0.769. The van der Waals surface area contributed by atoms with Gasteiger partial charge in [-0.1, -0.05) is 0 Å². The number of benzene rings is 1. The third-order valence-electron chi connectivity index (χ3n) is 5.59. The zero-order valence-electron chi connectivity index (χ0n) is 16.0. The fourth-order valence-electron chi connectivity index (χ4n) is 4.17. The summed E-state index contributed by atoms with van der Waals surface area (Å²) >= 11 is 0. The SMILES string of the molecule is COc1ccc(C2CCCN2C(=O)CN2CCCC(C(=O)O)C2)c(OC)c1. The number of aliphatic carboxylic acids is 1. The Labute approximate surface area is 159 Å². The van der Waals surface area contributed by atoms with Gasteiger partial charge in [0.2, 0.25) is 5.91 Å². The predicted octanol–water partition coefficient (Wildman–Crippen LogP) is 2.16. The Morgan fingerprint density at radius 3 is 2.63 bits per heavy atom. The van der Waals surface area contributed by atoms with E-state index < -0.39 is 5.97 Å². The Bertz CT molecular complexity index is 693. The molecule has 0 radical (unpaired) electrons. The van der Waals surface area contributed by atoms with Crippen LogP contribution in [0.4, 0.5) is 0 Å². The molecule has 3 rings (SSSR count). The van der Waals surface area contributed by atoms with E-state index in [1.54, 1.807) is 14.2 Å². The summed E-state index contributed by atoms with van der Waals surface area (Å²) < 4.78 is 10.8. The smallest absolute Gasteiger partial charge is 0.307 e. The first kappa shape index (κ1) is 19.5. The van der Waals surface area contributed by atoms with Gasteiger partial charge >= 0.3 is 5.97 Å². The predicted molar refractivity (Wildman–Crippen MR) is 100 cm³/mol. The van der Waals surface area contributed by atoms with Crippen LogP contribution in [0.3, 0.4) is 0 Å². The van der Waals surface area contributed by atoms with Crippen molar-refractivity contribution in [2.75, 3.05) is 40.4 Å². The topological polar surface area (TPSA) is 79.3 Å². The van der Waals surface area contributed by atoms with Crippen LogP contribution in [0.1, 0.15) is 37.3 Å². The van der Waals surface area contributed by atoms with Crippen molar-refractivity contribution in [2.45, 2.75) is 31.7 Å². The quantitative estimate of drug-likeness (QED) is 0.820. The maximum absolute atomic E-state index is 13.0. The number of nitrogens with zero attached hydrogens (tertiary/aromatic N) is 2. The van der Waals surface area contributed by atoms with Gasteiger partial charge in [-0.15, -0.1) is 0 Å². The molecule has 2 aliphatic rings. The third kappa shape index (κ3) is 4.35. The molecular formula is C20H28N2O5. The molecule has 1 aromatic carbocycles. The van der Waals surface area contributed by atoms with Crippen LogP contribution >= 0.6 is 0 Å². The monoisotopic (exact) mass is 376 g/mol. The molecule has 7 nitrogen and oxygen atoms in total. The number of carboxylic acid groups (broad SMARTS) is 1. The van der Waals surface area contributed by atoms with Crippen molar-refractivity contribution in [1.82, 2.24) is 9.80 Å². The summed E-state index contributed by atoms with van der Waals surface area (Å²) in [6.45, 7) is 2.22. The molecule has 2 atom stereocenters. The average Bonchev–Trinajstić information content (AvgIpc) is 3.17. The van der Waals surface area contributed by atoms with E-state index in [1.165, 1.54) is 0 Å².